The largest absolute Gasteiger partial charge is 0.387 e. The van der Waals surface area contributed by atoms with Gasteiger partial charge in [-0.1, -0.05) is 0 Å². The molecular formula is C17H18N2O5S. The van der Waals surface area contributed by atoms with Gasteiger partial charge in [0.25, 0.3) is 5.69 Å². The van der Waals surface area contributed by atoms with Gasteiger partial charge in [-0.2, -0.15) is 0 Å². The van der Waals surface area contributed by atoms with Crippen LogP contribution in [0.4, 0.5) is 5.69 Å². The zero-order valence-electron chi connectivity index (χ0n) is 13.6. The molecule has 7 nitrogen and oxygen atoms in total. The van der Waals surface area contributed by atoms with Gasteiger partial charge < -0.3 is 10.4 Å². The number of non-ortho nitro benzene ring substituents is 1. The number of Topliss-reactive ketones (excluding diaryl/α,β-unsaturated/α-hetero) is 1. The first-order valence-electron chi connectivity index (χ1n) is 7.65. The zero-order chi connectivity index (χ0) is 18.4. The summed E-state index contributed by atoms with van der Waals surface area (Å²) in [5.41, 5.74) is 0.401. The van der Waals surface area contributed by atoms with Crippen LogP contribution >= 0.6 is 11.3 Å². The van der Waals surface area contributed by atoms with E-state index in [-0.39, 0.29) is 36.8 Å². The Morgan fingerprint density at radius 3 is 2.44 bits per heavy atom. The molecule has 1 heterocycles. The number of rotatable bonds is 8. The second-order valence-corrected chi connectivity index (χ2v) is 6.79. The van der Waals surface area contributed by atoms with E-state index in [9.17, 15) is 24.8 Å². The number of hydrogen-bond donors (Lipinski definition) is 2. The predicted molar refractivity (Wildman–Crippen MR) is 93.7 cm³/mol. The van der Waals surface area contributed by atoms with Crippen molar-refractivity contribution >= 4 is 28.7 Å². The molecule has 132 valence electrons. The number of benzene rings is 1. The molecule has 0 radical (unpaired) electrons. The third-order valence-corrected chi connectivity index (χ3v) is 4.62. The molecule has 1 atom stereocenters. The Kier molecular flexibility index (Phi) is 6.37. The zero-order valence-corrected chi connectivity index (χ0v) is 14.4. The topological polar surface area (TPSA) is 110 Å². The highest BCUT2D eigenvalue weighted by Gasteiger charge is 2.14. The summed E-state index contributed by atoms with van der Waals surface area (Å²) in [6.07, 6.45) is -0.817. The van der Waals surface area contributed by atoms with E-state index in [1.165, 1.54) is 35.6 Å². The summed E-state index contributed by atoms with van der Waals surface area (Å²) in [6.45, 7) is 1.89. The molecule has 0 fully saturated rings. The number of carbonyl (C=O) groups is 2. The highest BCUT2D eigenvalue weighted by molar-refractivity contribution is 7.14. The number of nitrogens with one attached hydrogen (secondary N) is 1. The van der Waals surface area contributed by atoms with E-state index >= 15 is 0 Å². The monoisotopic (exact) mass is 362 g/mol. The number of aryl methyl sites for hydroxylation is 1. The maximum atomic E-state index is 11.9. The van der Waals surface area contributed by atoms with Crippen molar-refractivity contribution in [1.29, 1.82) is 0 Å². The Bertz CT molecular complexity index is 770. The molecule has 0 aliphatic rings. The standard InChI is InChI=1S/C17H18N2O5S/c1-11-2-8-16(25-11)14(20)7-9-17(22)18-10-15(21)12-3-5-13(6-4-12)19(23)24/h2-6,8,15,21H,7,9-10H2,1H3,(H,18,22). The van der Waals surface area contributed by atoms with Crippen LogP contribution in [0.2, 0.25) is 0 Å². The van der Waals surface area contributed by atoms with Gasteiger partial charge in [-0.3, -0.25) is 19.7 Å². The second kappa shape index (κ2) is 8.50. The smallest absolute Gasteiger partial charge is 0.269 e. The number of nitro groups is 1. The van der Waals surface area contributed by atoms with E-state index < -0.39 is 11.0 Å². The molecular weight excluding hydrogens is 344 g/mol. The van der Waals surface area contributed by atoms with Gasteiger partial charge in [0.1, 0.15) is 0 Å². The Morgan fingerprint density at radius 1 is 1.20 bits per heavy atom. The number of nitro benzene ring substituents is 1. The normalized spacial score (nSPS) is 11.8. The maximum absolute atomic E-state index is 11.9. The maximum Gasteiger partial charge on any atom is 0.269 e. The number of carbonyl (C=O) groups excluding carboxylic acids is 2. The molecule has 0 aliphatic heterocycles. The summed E-state index contributed by atoms with van der Waals surface area (Å²) < 4.78 is 0. The fourth-order valence-electron chi connectivity index (χ4n) is 2.17. The molecule has 1 aromatic carbocycles. The first-order valence-corrected chi connectivity index (χ1v) is 8.47. The SMILES string of the molecule is Cc1ccc(C(=O)CCC(=O)NCC(O)c2ccc([N+](=O)[O-])cc2)s1. The molecule has 25 heavy (non-hydrogen) atoms. The van der Waals surface area contributed by atoms with E-state index in [4.69, 9.17) is 0 Å². The molecule has 1 unspecified atom stereocenters. The number of ketones is 1. The van der Waals surface area contributed by atoms with E-state index in [1.807, 2.05) is 13.0 Å². The Morgan fingerprint density at radius 2 is 1.88 bits per heavy atom. The molecule has 2 N–H and O–H groups in total. The lowest BCUT2D eigenvalue weighted by atomic mass is 10.1. The van der Waals surface area contributed by atoms with Crippen LogP contribution in [-0.4, -0.2) is 28.3 Å². The lowest BCUT2D eigenvalue weighted by molar-refractivity contribution is -0.384. The van der Waals surface area contributed by atoms with Crippen LogP contribution in [0.15, 0.2) is 36.4 Å². The van der Waals surface area contributed by atoms with Crippen molar-refractivity contribution in [3.8, 4) is 0 Å². The van der Waals surface area contributed by atoms with E-state index in [0.717, 1.165) is 4.88 Å². The third kappa shape index (κ3) is 5.47. The predicted octanol–water partition coefficient (Wildman–Crippen LogP) is 2.78. The second-order valence-electron chi connectivity index (χ2n) is 5.50. The van der Waals surface area contributed by atoms with E-state index in [2.05, 4.69) is 5.32 Å². The summed E-state index contributed by atoms with van der Waals surface area (Å²) in [7, 11) is 0. The van der Waals surface area contributed by atoms with Gasteiger partial charge in [0.05, 0.1) is 15.9 Å². The van der Waals surface area contributed by atoms with Crippen LogP contribution in [0, 0.1) is 17.0 Å². The fraction of sp³-hybridized carbons (Fsp3) is 0.294. The van der Waals surface area contributed by atoms with Crippen molar-refractivity contribution in [2.45, 2.75) is 25.9 Å². The van der Waals surface area contributed by atoms with Crippen LogP contribution in [0.5, 0.6) is 0 Å². The van der Waals surface area contributed by atoms with Crippen LogP contribution in [-0.2, 0) is 4.79 Å². The van der Waals surface area contributed by atoms with Gasteiger partial charge in [-0.15, -0.1) is 11.3 Å². The number of thiophene rings is 1. The summed E-state index contributed by atoms with van der Waals surface area (Å²) in [5, 5.41) is 23.2. The van der Waals surface area contributed by atoms with Crippen molar-refractivity contribution in [3.63, 3.8) is 0 Å². The van der Waals surface area contributed by atoms with Crippen molar-refractivity contribution < 1.29 is 19.6 Å². The lowest BCUT2D eigenvalue weighted by Crippen LogP contribution is -2.28. The summed E-state index contributed by atoms with van der Waals surface area (Å²) in [4.78, 5) is 35.5. The third-order valence-electron chi connectivity index (χ3n) is 3.58. The number of amides is 1. The molecule has 0 aliphatic carbocycles. The van der Waals surface area contributed by atoms with Crippen molar-refractivity contribution in [3.05, 3.63) is 61.8 Å². The molecule has 0 saturated carbocycles. The van der Waals surface area contributed by atoms with Crippen LogP contribution in [0.25, 0.3) is 0 Å². The minimum atomic E-state index is -0.972. The summed E-state index contributed by atoms with van der Waals surface area (Å²) in [6, 6.07) is 9.08. The summed E-state index contributed by atoms with van der Waals surface area (Å²) in [5.74, 6) is -0.410. The van der Waals surface area contributed by atoms with Gasteiger partial charge in [0, 0.05) is 36.4 Å². The minimum absolute atomic E-state index is 0.0249. The molecule has 0 spiro atoms. The number of aliphatic hydroxyl groups is 1. The van der Waals surface area contributed by atoms with Crippen LogP contribution < -0.4 is 5.32 Å². The first-order chi connectivity index (χ1) is 11.9. The molecule has 2 aromatic rings. The minimum Gasteiger partial charge on any atom is -0.387 e. The lowest BCUT2D eigenvalue weighted by Gasteiger charge is -2.12. The quantitative estimate of drug-likeness (QED) is 0.426. The van der Waals surface area contributed by atoms with Gasteiger partial charge in [0.2, 0.25) is 5.91 Å². The molecule has 0 bridgehead atoms. The van der Waals surface area contributed by atoms with Crippen LogP contribution in [0.1, 0.15) is 39.1 Å². The summed E-state index contributed by atoms with van der Waals surface area (Å²) >= 11 is 1.40. The van der Waals surface area contributed by atoms with E-state index in [0.29, 0.717) is 10.4 Å². The highest BCUT2D eigenvalue weighted by Crippen LogP contribution is 2.18. The van der Waals surface area contributed by atoms with Gasteiger partial charge in [-0.25, -0.2) is 0 Å². The highest BCUT2D eigenvalue weighted by atomic mass is 32.1. The number of hydrogen-bond acceptors (Lipinski definition) is 6. The Hall–Kier alpha value is -2.58. The van der Waals surface area contributed by atoms with Gasteiger partial charge >= 0.3 is 0 Å². The van der Waals surface area contributed by atoms with Gasteiger partial charge in [0.15, 0.2) is 5.78 Å². The Balaban J connectivity index is 1.77. The average molecular weight is 362 g/mol. The molecule has 2 rings (SSSR count). The average Bonchev–Trinajstić information content (AvgIpc) is 3.04. The van der Waals surface area contributed by atoms with Gasteiger partial charge in [-0.05, 0) is 36.8 Å². The van der Waals surface area contributed by atoms with Crippen molar-refractivity contribution in [2.24, 2.45) is 0 Å². The van der Waals surface area contributed by atoms with Crippen molar-refractivity contribution in [2.75, 3.05) is 6.54 Å². The molecule has 0 saturated heterocycles. The molecule has 1 aromatic heterocycles. The van der Waals surface area contributed by atoms with Crippen LogP contribution in [0.3, 0.4) is 0 Å². The molecule has 8 heteroatoms. The molecule has 1 amide bonds. The fourth-order valence-corrected chi connectivity index (χ4v) is 3.00. The van der Waals surface area contributed by atoms with Crippen molar-refractivity contribution in [1.82, 2.24) is 5.32 Å². The first kappa shape index (κ1) is 18.8. The Labute approximate surface area is 148 Å². The van der Waals surface area contributed by atoms with E-state index in [1.54, 1.807) is 6.07 Å². The number of aliphatic hydroxyl groups excluding tert-OH is 1. The number of nitrogens with zero attached hydrogens (tertiary/aromatic N) is 1.